The standard InChI is InChI=1S/C16H16FIN4O3/c17-11-2-1-10(7-12(11)18)22-15(8-13(19)23)20-14(9-16(22)24)21-3-5-25-6-4-21/h1-2,7,9H,3-6,8H2,(H2,19,23). The van der Waals surface area contributed by atoms with Crippen LogP contribution in [0.5, 0.6) is 0 Å². The van der Waals surface area contributed by atoms with E-state index in [9.17, 15) is 14.0 Å². The van der Waals surface area contributed by atoms with E-state index in [4.69, 9.17) is 10.5 Å². The van der Waals surface area contributed by atoms with E-state index in [1.807, 2.05) is 27.5 Å². The Balaban J connectivity index is 2.11. The minimum absolute atomic E-state index is 0.193. The summed E-state index contributed by atoms with van der Waals surface area (Å²) in [6, 6.07) is 5.68. The lowest BCUT2D eigenvalue weighted by atomic mass is 10.2. The van der Waals surface area contributed by atoms with Crippen molar-refractivity contribution in [1.82, 2.24) is 9.55 Å². The zero-order valence-electron chi connectivity index (χ0n) is 13.2. The first-order valence-corrected chi connectivity index (χ1v) is 8.73. The molecule has 1 aliphatic heterocycles. The summed E-state index contributed by atoms with van der Waals surface area (Å²) in [5, 5.41) is 0. The van der Waals surface area contributed by atoms with Gasteiger partial charge in [-0.25, -0.2) is 9.37 Å². The topological polar surface area (TPSA) is 90.5 Å². The quantitative estimate of drug-likeness (QED) is 0.687. The molecule has 0 aliphatic carbocycles. The van der Waals surface area contributed by atoms with Crippen molar-refractivity contribution in [1.29, 1.82) is 0 Å². The first kappa shape index (κ1) is 17.8. The number of nitrogens with two attached hydrogens (primary N) is 1. The van der Waals surface area contributed by atoms with Crippen molar-refractivity contribution in [3.63, 3.8) is 0 Å². The van der Waals surface area contributed by atoms with Gasteiger partial charge < -0.3 is 15.4 Å². The predicted octanol–water partition coefficient (Wildman–Crippen LogP) is 0.841. The number of aromatic nitrogens is 2. The van der Waals surface area contributed by atoms with E-state index in [0.717, 1.165) is 0 Å². The van der Waals surface area contributed by atoms with Crippen LogP contribution in [0.2, 0.25) is 0 Å². The third-order valence-electron chi connectivity index (χ3n) is 3.80. The highest BCUT2D eigenvalue weighted by Crippen LogP contribution is 2.18. The fourth-order valence-electron chi connectivity index (χ4n) is 2.65. The molecule has 2 aromatic rings. The number of ether oxygens (including phenoxy) is 1. The van der Waals surface area contributed by atoms with Gasteiger partial charge in [-0.3, -0.25) is 14.2 Å². The summed E-state index contributed by atoms with van der Waals surface area (Å²) < 4.78 is 20.5. The third-order valence-corrected chi connectivity index (χ3v) is 4.63. The van der Waals surface area contributed by atoms with Gasteiger partial charge in [0.1, 0.15) is 17.5 Å². The van der Waals surface area contributed by atoms with Gasteiger partial charge in [-0.15, -0.1) is 0 Å². The lowest BCUT2D eigenvalue weighted by Crippen LogP contribution is -2.38. The summed E-state index contributed by atoms with van der Waals surface area (Å²) in [7, 11) is 0. The molecule has 132 valence electrons. The van der Waals surface area contributed by atoms with Gasteiger partial charge >= 0.3 is 0 Å². The van der Waals surface area contributed by atoms with Gasteiger partial charge in [0, 0.05) is 19.2 Å². The number of amides is 1. The van der Waals surface area contributed by atoms with Gasteiger partial charge in [-0.1, -0.05) is 0 Å². The Morgan fingerprint density at radius 2 is 2.04 bits per heavy atom. The van der Waals surface area contributed by atoms with Crippen molar-refractivity contribution in [3.8, 4) is 5.69 Å². The molecular weight excluding hydrogens is 442 g/mol. The second kappa shape index (κ2) is 7.48. The molecule has 0 atom stereocenters. The van der Waals surface area contributed by atoms with E-state index < -0.39 is 5.91 Å². The zero-order valence-corrected chi connectivity index (χ0v) is 15.4. The van der Waals surface area contributed by atoms with Crippen LogP contribution >= 0.6 is 22.6 Å². The van der Waals surface area contributed by atoms with E-state index in [-0.39, 0.29) is 23.6 Å². The molecule has 2 N–H and O–H groups in total. The normalized spacial score (nSPS) is 14.6. The molecule has 0 radical (unpaired) electrons. The van der Waals surface area contributed by atoms with Crippen molar-refractivity contribution < 1.29 is 13.9 Å². The van der Waals surface area contributed by atoms with Gasteiger partial charge in [-0.2, -0.15) is 0 Å². The number of carbonyl (C=O) groups is 1. The smallest absolute Gasteiger partial charge is 0.260 e. The van der Waals surface area contributed by atoms with E-state index >= 15 is 0 Å². The maximum absolute atomic E-state index is 13.5. The van der Waals surface area contributed by atoms with Gasteiger partial charge in [0.25, 0.3) is 5.56 Å². The Bertz CT molecular complexity index is 865. The summed E-state index contributed by atoms with van der Waals surface area (Å²) in [5.74, 6) is -0.273. The fraction of sp³-hybridized carbons (Fsp3) is 0.312. The van der Waals surface area contributed by atoms with Gasteiger partial charge in [0.2, 0.25) is 5.91 Å². The minimum Gasteiger partial charge on any atom is -0.378 e. The number of anilines is 1. The number of carbonyl (C=O) groups excluding carboxylic acids is 1. The molecule has 1 fully saturated rings. The van der Waals surface area contributed by atoms with Crippen molar-refractivity contribution in [2.24, 2.45) is 5.73 Å². The lowest BCUT2D eigenvalue weighted by Gasteiger charge is -2.28. The number of benzene rings is 1. The summed E-state index contributed by atoms with van der Waals surface area (Å²) in [6.07, 6.45) is -0.193. The van der Waals surface area contributed by atoms with Crippen LogP contribution in [0.25, 0.3) is 5.69 Å². The average Bonchev–Trinajstić information content (AvgIpc) is 2.57. The highest BCUT2D eigenvalue weighted by Gasteiger charge is 2.18. The molecule has 7 nitrogen and oxygen atoms in total. The second-order valence-corrected chi connectivity index (χ2v) is 6.71. The van der Waals surface area contributed by atoms with Gasteiger partial charge in [-0.05, 0) is 40.8 Å². The summed E-state index contributed by atoms with van der Waals surface area (Å²) in [5.41, 5.74) is 5.40. The lowest BCUT2D eigenvalue weighted by molar-refractivity contribution is -0.117. The molecule has 1 amide bonds. The summed E-state index contributed by atoms with van der Waals surface area (Å²) in [4.78, 5) is 30.5. The molecule has 0 unspecified atom stereocenters. The van der Waals surface area contributed by atoms with E-state index in [1.54, 1.807) is 0 Å². The Morgan fingerprint density at radius 1 is 1.32 bits per heavy atom. The maximum atomic E-state index is 13.5. The Morgan fingerprint density at radius 3 is 2.68 bits per heavy atom. The minimum atomic E-state index is -0.600. The zero-order chi connectivity index (χ0) is 18.0. The summed E-state index contributed by atoms with van der Waals surface area (Å²) >= 11 is 1.84. The summed E-state index contributed by atoms with van der Waals surface area (Å²) in [6.45, 7) is 2.32. The number of primary amides is 1. The first-order chi connectivity index (χ1) is 12.0. The molecule has 1 aromatic heterocycles. The predicted molar refractivity (Wildman–Crippen MR) is 98.4 cm³/mol. The first-order valence-electron chi connectivity index (χ1n) is 7.65. The number of rotatable bonds is 4. The number of halogens is 2. The van der Waals surface area contributed by atoms with Gasteiger partial charge in [0.15, 0.2) is 0 Å². The van der Waals surface area contributed by atoms with Crippen LogP contribution in [0.15, 0.2) is 29.1 Å². The molecule has 0 spiro atoms. The van der Waals surface area contributed by atoms with Crippen molar-refractivity contribution in [2.45, 2.75) is 6.42 Å². The highest BCUT2D eigenvalue weighted by molar-refractivity contribution is 14.1. The van der Waals surface area contributed by atoms with Crippen LogP contribution in [-0.4, -0.2) is 41.8 Å². The van der Waals surface area contributed by atoms with Crippen LogP contribution in [-0.2, 0) is 16.0 Å². The fourth-order valence-corrected chi connectivity index (χ4v) is 3.14. The highest BCUT2D eigenvalue weighted by atomic mass is 127. The molecule has 25 heavy (non-hydrogen) atoms. The number of hydrogen-bond donors (Lipinski definition) is 1. The van der Waals surface area contributed by atoms with E-state index in [0.29, 0.717) is 41.4 Å². The van der Waals surface area contributed by atoms with Crippen LogP contribution in [0.4, 0.5) is 10.2 Å². The molecular formula is C16H16FIN4O3. The maximum Gasteiger partial charge on any atom is 0.260 e. The molecule has 1 aliphatic rings. The molecule has 0 bridgehead atoms. The third kappa shape index (κ3) is 3.98. The van der Waals surface area contributed by atoms with Crippen LogP contribution in [0, 0.1) is 9.39 Å². The molecule has 3 rings (SSSR count). The van der Waals surface area contributed by atoms with Gasteiger partial charge in [0.05, 0.1) is 28.9 Å². The van der Waals surface area contributed by atoms with E-state index in [1.165, 1.54) is 28.8 Å². The molecule has 0 saturated carbocycles. The SMILES string of the molecule is NC(=O)Cc1nc(N2CCOCC2)cc(=O)n1-c1ccc(F)c(I)c1. The van der Waals surface area contributed by atoms with Crippen molar-refractivity contribution >= 4 is 34.3 Å². The number of hydrogen-bond acceptors (Lipinski definition) is 5. The Hall–Kier alpha value is -2.01. The molecule has 2 heterocycles. The monoisotopic (exact) mass is 458 g/mol. The second-order valence-electron chi connectivity index (χ2n) is 5.55. The Kier molecular flexibility index (Phi) is 5.33. The molecule has 9 heteroatoms. The number of nitrogens with zero attached hydrogens (tertiary/aromatic N) is 3. The van der Waals surface area contributed by atoms with Crippen LogP contribution in [0.3, 0.4) is 0 Å². The van der Waals surface area contributed by atoms with Crippen LogP contribution < -0.4 is 16.2 Å². The van der Waals surface area contributed by atoms with Crippen molar-refractivity contribution in [2.75, 3.05) is 31.2 Å². The molecule has 1 aromatic carbocycles. The number of morpholine rings is 1. The van der Waals surface area contributed by atoms with Crippen molar-refractivity contribution in [3.05, 3.63) is 49.8 Å². The average molecular weight is 458 g/mol. The molecule has 1 saturated heterocycles. The van der Waals surface area contributed by atoms with Crippen LogP contribution in [0.1, 0.15) is 5.82 Å². The Labute approximate surface area is 156 Å². The largest absolute Gasteiger partial charge is 0.378 e. The van der Waals surface area contributed by atoms with E-state index in [2.05, 4.69) is 4.98 Å².